The number of carbonyl (C=O) groups is 1. The molecule has 0 saturated heterocycles. The molecule has 2 rings (SSSR count). The molecule has 5 nitrogen and oxygen atoms in total. The number of rotatable bonds is 0. The van der Waals surface area contributed by atoms with Crippen LogP contribution in [-0.2, 0) is 9.73 Å². The van der Waals surface area contributed by atoms with Crippen LogP contribution in [0.4, 0.5) is 4.79 Å². The minimum atomic E-state index is -2.49. The summed E-state index contributed by atoms with van der Waals surface area (Å²) >= 11 is 0. The third-order valence-corrected chi connectivity index (χ3v) is 3.03. The van der Waals surface area contributed by atoms with Crippen LogP contribution in [0.5, 0.6) is 0 Å². The van der Waals surface area contributed by atoms with Gasteiger partial charge >= 0.3 is 6.03 Å². The molecule has 0 radical (unpaired) electrons. The molecule has 1 atom stereocenters. The molecule has 1 aromatic heterocycles. The zero-order valence-electron chi connectivity index (χ0n) is 5.72. The van der Waals surface area contributed by atoms with Gasteiger partial charge in [0, 0.05) is 6.26 Å². The summed E-state index contributed by atoms with van der Waals surface area (Å²) in [5, 5.41) is 0.391. The van der Waals surface area contributed by atoms with Crippen molar-refractivity contribution in [3.05, 3.63) is 12.5 Å². The van der Waals surface area contributed by atoms with Gasteiger partial charge in [-0.3, -0.25) is 0 Å². The van der Waals surface area contributed by atoms with E-state index in [0.717, 1.165) is 0 Å². The first kappa shape index (κ1) is 6.53. The third-order valence-electron chi connectivity index (χ3n) is 1.45. The van der Waals surface area contributed by atoms with E-state index in [1.165, 1.54) is 23.3 Å². The second-order valence-electron chi connectivity index (χ2n) is 2.28. The van der Waals surface area contributed by atoms with E-state index in [1.54, 1.807) is 0 Å². The van der Waals surface area contributed by atoms with Crippen LogP contribution < -0.4 is 0 Å². The minimum absolute atomic E-state index is 0.391. The average Bonchev–Trinajstić information content (AvgIpc) is 2.37. The molecule has 2 heterocycles. The van der Waals surface area contributed by atoms with Crippen LogP contribution in [0.3, 0.4) is 0 Å². The van der Waals surface area contributed by atoms with Crippen molar-refractivity contribution >= 4 is 15.8 Å². The highest BCUT2D eigenvalue weighted by Crippen LogP contribution is 2.17. The highest BCUT2D eigenvalue weighted by molar-refractivity contribution is 7.93. The lowest BCUT2D eigenvalue weighted by atomic mass is 10.8. The summed E-state index contributed by atoms with van der Waals surface area (Å²) < 4.78 is 16.1. The molecule has 0 spiro atoms. The highest BCUT2D eigenvalue weighted by atomic mass is 32.2. The quantitative estimate of drug-likeness (QED) is 0.564. The number of nitrogens with zero attached hydrogens (tertiary/aromatic N) is 3. The number of carbonyl (C=O) groups excluding carboxylic acids is 1. The number of imidazole rings is 1. The maximum absolute atomic E-state index is 11.4. The lowest BCUT2D eigenvalue weighted by molar-refractivity contribution is 0.250. The van der Waals surface area contributed by atoms with Crippen LogP contribution in [0.25, 0.3) is 0 Å². The van der Waals surface area contributed by atoms with E-state index in [2.05, 4.69) is 9.35 Å². The molecule has 0 saturated carbocycles. The Morgan fingerprint density at radius 3 is 3.00 bits per heavy atom. The highest BCUT2D eigenvalue weighted by Gasteiger charge is 2.24. The summed E-state index contributed by atoms with van der Waals surface area (Å²) in [6.45, 7) is 0. The van der Waals surface area contributed by atoms with Crippen molar-refractivity contribution in [2.24, 2.45) is 4.36 Å². The SMILES string of the molecule is CS1(=O)=NC(=O)n2cncc21. The zero-order valence-corrected chi connectivity index (χ0v) is 6.54. The fourth-order valence-corrected chi connectivity index (χ4v) is 2.17. The van der Waals surface area contributed by atoms with Gasteiger partial charge in [-0.25, -0.2) is 18.6 Å². The molecule has 1 amide bonds. The van der Waals surface area contributed by atoms with Gasteiger partial charge in [-0.1, -0.05) is 0 Å². The normalized spacial score (nSPS) is 28.3. The third kappa shape index (κ3) is 0.725. The van der Waals surface area contributed by atoms with Crippen molar-refractivity contribution in [3.8, 4) is 0 Å². The number of hydrogen-bond acceptors (Lipinski definition) is 3. The molecule has 6 heteroatoms. The van der Waals surface area contributed by atoms with Crippen LogP contribution in [0.15, 0.2) is 21.9 Å². The summed E-state index contributed by atoms with van der Waals surface area (Å²) in [5.74, 6) is 0. The van der Waals surface area contributed by atoms with Crippen LogP contribution in [-0.4, -0.2) is 26.0 Å². The zero-order chi connectivity index (χ0) is 8.06. The van der Waals surface area contributed by atoms with Crippen molar-refractivity contribution in [2.75, 3.05) is 6.26 Å². The summed E-state index contributed by atoms with van der Waals surface area (Å²) in [6.07, 6.45) is 4.14. The van der Waals surface area contributed by atoms with Crippen molar-refractivity contribution in [1.82, 2.24) is 9.55 Å². The predicted molar refractivity (Wildman–Crippen MR) is 37.8 cm³/mol. The standard InChI is InChI=1S/C5H5N3O2S/c1-11(10)4-2-6-3-8(4)5(9)7-11/h2-3H,1H3. The second-order valence-corrected chi connectivity index (χ2v) is 4.48. The van der Waals surface area contributed by atoms with E-state index in [-0.39, 0.29) is 0 Å². The van der Waals surface area contributed by atoms with Crippen molar-refractivity contribution < 1.29 is 9.00 Å². The summed E-state index contributed by atoms with van der Waals surface area (Å²) in [4.78, 5) is 14.6. The monoisotopic (exact) mass is 171 g/mol. The Morgan fingerprint density at radius 2 is 2.36 bits per heavy atom. The molecule has 1 aliphatic rings. The Kier molecular flexibility index (Phi) is 1.01. The Hall–Kier alpha value is -1.17. The lowest BCUT2D eigenvalue weighted by Crippen LogP contribution is -2.00. The fraction of sp³-hybridized carbons (Fsp3) is 0.200. The topological polar surface area (TPSA) is 64.3 Å². The molecule has 1 aromatic rings. The van der Waals surface area contributed by atoms with Gasteiger partial charge in [0.15, 0.2) is 0 Å². The van der Waals surface area contributed by atoms with Gasteiger partial charge in [-0.05, 0) is 0 Å². The maximum Gasteiger partial charge on any atom is 0.362 e. The van der Waals surface area contributed by atoms with E-state index < -0.39 is 15.8 Å². The molecule has 0 aromatic carbocycles. The summed E-state index contributed by atoms with van der Waals surface area (Å²) in [7, 11) is -2.49. The van der Waals surface area contributed by atoms with Gasteiger partial charge in [-0.15, -0.1) is 4.36 Å². The molecule has 1 unspecified atom stereocenters. The van der Waals surface area contributed by atoms with Gasteiger partial charge in [-0.2, -0.15) is 0 Å². The number of fused-ring (bicyclic) bond motifs is 1. The average molecular weight is 171 g/mol. The number of amides is 1. The van der Waals surface area contributed by atoms with Crippen LogP contribution >= 0.6 is 0 Å². The maximum atomic E-state index is 11.4. The van der Waals surface area contributed by atoms with Crippen molar-refractivity contribution in [2.45, 2.75) is 5.03 Å². The number of hydrogen-bond donors (Lipinski definition) is 0. The Bertz CT molecular complexity index is 438. The van der Waals surface area contributed by atoms with Gasteiger partial charge < -0.3 is 0 Å². The first-order chi connectivity index (χ1) is 5.11. The smallest absolute Gasteiger partial charge is 0.244 e. The van der Waals surface area contributed by atoms with Gasteiger partial charge in [0.2, 0.25) is 0 Å². The number of aromatic nitrogens is 2. The molecule has 0 N–H and O–H groups in total. The molecule has 1 aliphatic heterocycles. The van der Waals surface area contributed by atoms with Crippen LogP contribution in [0, 0.1) is 0 Å². The van der Waals surface area contributed by atoms with E-state index in [9.17, 15) is 9.00 Å². The molecule has 0 aliphatic carbocycles. The van der Waals surface area contributed by atoms with Crippen LogP contribution in [0.2, 0.25) is 0 Å². The first-order valence-electron chi connectivity index (χ1n) is 2.90. The summed E-state index contributed by atoms with van der Waals surface area (Å²) in [5.41, 5.74) is 0. The molecular formula is C5H5N3O2S. The molecular weight excluding hydrogens is 166 g/mol. The minimum Gasteiger partial charge on any atom is -0.244 e. The first-order valence-corrected chi connectivity index (χ1v) is 4.82. The largest absolute Gasteiger partial charge is 0.362 e. The molecule has 11 heavy (non-hydrogen) atoms. The van der Waals surface area contributed by atoms with E-state index >= 15 is 0 Å². The van der Waals surface area contributed by atoms with Gasteiger partial charge in [0.05, 0.1) is 15.9 Å². The van der Waals surface area contributed by atoms with E-state index in [1.807, 2.05) is 0 Å². The molecule has 0 fully saturated rings. The summed E-state index contributed by atoms with van der Waals surface area (Å²) in [6, 6.07) is -0.495. The lowest BCUT2D eigenvalue weighted by Gasteiger charge is -1.89. The second kappa shape index (κ2) is 1.70. The van der Waals surface area contributed by atoms with E-state index in [0.29, 0.717) is 5.03 Å². The Balaban J connectivity index is 2.89. The Morgan fingerprint density at radius 1 is 1.64 bits per heavy atom. The Labute approximate surface area is 63.2 Å². The predicted octanol–water partition coefficient (Wildman–Crippen LogP) is 0.322. The fourth-order valence-electron chi connectivity index (χ4n) is 0.947. The molecule has 58 valence electrons. The van der Waals surface area contributed by atoms with Gasteiger partial charge in [0.1, 0.15) is 11.4 Å². The van der Waals surface area contributed by atoms with E-state index in [4.69, 9.17) is 0 Å². The van der Waals surface area contributed by atoms with Crippen molar-refractivity contribution in [3.63, 3.8) is 0 Å². The van der Waals surface area contributed by atoms with Crippen molar-refractivity contribution in [1.29, 1.82) is 0 Å². The molecule has 0 bridgehead atoms. The van der Waals surface area contributed by atoms with Crippen LogP contribution in [0.1, 0.15) is 0 Å². The van der Waals surface area contributed by atoms with Gasteiger partial charge in [0.25, 0.3) is 0 Å².